The molecule has 1 aliphatic carbocycles. The molecule has 0 aromatic heterocycles. The Hall–Kier alpha value is -1.84. The molecule has 0 radical (unpaired) electrons. The van der Waals surface area contributed by atoms with Crippen molar-refractivity contribution >= 4 is 0 Å². The fourth-order valence-corrected chi connectivity index (χ4v) is 3.53. The van der Waals surface area contributed by atoms with Crippen molar-refractivity contribution in [1.82, 2.24) is 5.32 Å². The van der Waals surface area contributed by atoms with Crippen LogP contribution in [0, 0.1) is 34.0 Å². The number of rotatable bonds is 5. The summed E-state index contributed by atoms with van der Waals surface area (Å²) in [6.07, 6.45) is 5.22. The number of benzene rings is 1. The lowest BCUT2D eigenvalue weighted by Gasteiger charge is -2.42. The Kier molecular flexibility index (Phi) is 5.58. The fraction of sp³-hybridized carbons (Fsp3) is 0.579. The van der Waals surface area contributed by atoms with Crippen LogP contribution >= 0.6 is 0 Å². The minimum atomic E-state index is 0.216. The molecule has 116 valence electrons. The summed E-state index contributed by atoms with van der Waals surface area (Å²) >= 11 is 0. The number of nitrogens with one attached hydrogen (secondary N) is 1. The van der Waals surface area contributed by atoms with E-state index in [4.69, 9.17) is 10.5 Å². The highest BCUT2D eigenvalue weighted by atomic mass is 14.9. The second kappa shape index (κ2) is 7.43. The second-order valence-corrected chi connectivity index (χ2v) is 6.82. The predicted molar refractivity (Wildman–Crippen MR) is 87.8 cm³/mol. The van der Waals surface area contributed by atoms with Gasteiger partial charge < -0.3 is 5.32 Å². The van der Waals surface area contributed by atoms with E-state index in [1.165, 1.54) is 0 Å². The van der Waals surface area contributed by atoms with Crippen LogP contribution in [0.1, 0.15) is 57.1 Å². The Balaban J connectivity index is 1.87. The lowest BCUT2D eigenvalue weighted by molar-refractivity contribution is 0.105. The molecule has 3 heteroatoms. The molecule has 1 saturated carbocycles. The van der Waals surface area contributed by atoms with Crippen LogP contribution in [0.5, 0.6) is 0 Å². The third-order valence-corrected chi connectivity index (χ3v) is 5.29. The zero-order valence-electron chi connectivity index (χ0n) is 13.6. The molecule has 0 unspecified atom stereocenters. The lowest BCUT2D eigenvalue weighted by Crippen LogP contribution is -2.39. The Morgan fingerprint density at radius 1 is 1.27 bits per heavy atom. The summed E-state index contributed by atoms with van der Waals surface area (Å²) < 4.78 is 0. The molecule has 1 aromatic rings. The van der Waals surface area contributed by atoms with Crippen LogP contribution in [-0.2, 0) is 6.54 Å². The van der Waals surface area contributed by atoms with Gasteiger partial charge in [0.2, 0.25) is 0 Å². The first-order valence-corrected chi connectivity index (χ1v) is 8.19. The van der Waals surface area contributed by atoms with E-state index in [0.29, 0.717) is 18.4 Å². The van der Waals surface area contributed by atoms with Gasteiger partial charge in [-0.3, -0.25) is 0 Å². The molecule has 3 nitrogen and oxygen atoms in total. The maximum Gasteiger partial charge on any atom is 0.0991 e. The molecule has 1 aliphatic rings. The van der Waals surface area contributed by atoms with Gasteiger partial charge in [-0.25, -0.2) is 0 Å². The summed E-state index contributed by atoms with van der Waals surface area (Å²) in [6, 6.07) is 12.9. The Morgan fingerprint density at radius 2 is 2.00 bits per heavy atom. The van der Waals surface area contributed by atoms with Crippen molar-refractivity contribution in [3.8, 4) is 12.1 Å². The first-order chi connectivity index (χ1) is 10.6. The monoisotopic (exact) mass is 295 g/mol. The van der Waals surface area contributed by atoms with Crippen LogP contribution in [0.15, 0.2) is 24.3 Å². The Morgan fingerprint density at radius 3 is 2.59 bits per heavy atom. The molecule has 0 heterocycles. The molecular formula is C19H25N3. The molecular weight excluding hydrogens is 270 g/mol. The van der Waals surface area contributed by atoms with Gasteiger partial charge in [0.05, 0.1) is 17.7 Å². The van der Waals surface area contributed by atoms with Gasteiger partial charge in [0.15, 0.2) is 0 Å². The number of nitriles is 2. The zero-order chi connectivity index (χ0) is 16.0. The van der Waals surface area contributed by atoms with Crippen molar-refractivity contribution in [3.63, 3.8) is 0 Å². The van der Waals surface area contributed by atoms with E-state index in [1.807, 2.05) is 18.2 Å². The average molecular weight is 295 g/mol. The van der Waals surface area contributed by atoms with Crippen LogP contribution in [-0.4, -0.2) is 6.04 Å². The van der Waals surface area contributed by atoms with Crippen LogP contribution in [0.4, 0.5) is 0 Å². The summed E-state index contributed by atoms with van der Waals surface area (Å²) in [7, 11) is 0. The highest BCUT2D eigenvalue weighted by Gasteiger charge is 2.37. The molecule has 0 aliphatic heterocycles. The number of nitrogens with zero attached hydrogens (tertiary/aromatic N) is 2. The van der Waals surface area contributed by atoms with Crippen molar-refractivity contribution in [2.24, 2.45) is 11.3 Å². The van der Waals surface area contributed by atoms with E-state index >= 15 is 0 Å². The first kappa shape index (κ1) is 16.5. The highest BCUT2D eigenvalue weighted by molar-refractivity contribution is 5.32. The van der Waals surface area contributed by atoms with Gasteiger partial charge in [-0.1, -0.05) is 26.0 Å². The maximum absolute atomic E-state index is 9.11. The maximum atomic E-state index is 9.11. The number of hydrogen-bond donors (Lipinski definition) is 1. The summed E-state index contributed by atoms with van der Waals surface area (Å²) in [5, 5.41) is 21.7. The van der Waals surface area contributed by atoms with Crippen molar-refractivity contribution in [1.29, 1.82) is 10.5 Å². The van der Waals surface area contributed by atoms with Gasteiger partial charge in [-0.05, 0) is 54.7 Å². The molecule has 2 rings (SSSR count). The van der Waals surface area contributed by atoms with Gasteiger partial charge in [-0.15, -0.1) is 0 Å². The minimum absolute atomic E-state index is 0.216. The molecule has 1 fully saturated rings. The van der Waals surface area contributed by atoms with Gasteiger partial charge in [-0.2, -0.15) is 10.5 Å². The summed E-state index contributed by atoms with van der Waals surface area (Å²) in [5.41, 5.74) is 2.10. The number of hydrogen-bond acceptors (Lipinski definition) is 3. The van der Waals surface area contributed by atoms with Crippen LogP contribution in [0.3, 0.4) is 0 Å². The van der Waals surface area contributed by atoms with E-state index in [1.54, 1.807) is 0 Å². The molecule has 0 bridgehead atoms. The van der Waals surface area contributed by atoms with E-state index in [0.717, 1.165) is 43.4 Å². The average Bonchev–Trinajstić information content (AvgIpc) is 2.54. The quantitative estimate of drug-likeness (QED) is 0.887. The first-order valence-electron chi connectivity index (χ1n) is 8.19. The van der Waals surface area contributed by atoms with Gasteiger partial charge >= 0.3 is 0 Å². The topological polar surface area (TPSA) is 59.6 Å². The molecule has 1 aromatic carbocycles. The van der Waals surface area contributed by atoms with E-state index in [-0.39, 0.29) is 5.41 Å². The largest absolute Gasteiger partial charge is 0.310 e. The fourth-order valence-electron chi connectivity index (χ4n) is 3.53. The summed E-state index contributed by atoms with van der Waals surface area (Å²) in [6.45, 7) is 5.31. The predicted octanol–water partition coefficient (Wildman–Crippen LogP) is 4.15. The molecule has 22 heavy (non-hydrogen) atoms. The van der Waals surface area contributed by atoms with Crippen LogP contribution in [0.2, 0.25) is 0 Å². The summed E-state index contributed by atoms with van der Waals surface area (Å²) in [5.74, 6) is 0.570. The second-order valence-electron chi connectivity index (χ2n) is 6.82. The minimum Gasteiger partial charge on any atom is -0.310 e. The molecule has 0 spiro atoms. The smallest absolute Gasteiger partial charge is 0.0991 e. The normalized spacial score (nSPS) is 24.7. The standard InChI is InChI=1S/C19H25N3/c1-15(2)19(10-11-20)8-6-18(7-9-19)22-14-17-5-3-4-16(12-17)13-21/h3-5,12,15,18,22H,6-10,14H2,1-2H3/t18-,19+. The Labute approximate surface area is 134 Å². The highest BCUT2D eigenvalue weighted by Crippen LogP contribution is 2.45. The van der Waals surface area contributed by atoms with Gasteiger partial charge in [0, 0.05) is 19.0 Å². The SMILES string of the molecule is CC(C)[C@]1(CC#N)CC[C@H](NCc2cccc(C#N)c2)CC1. The lowest BCUT2D eigenvalue weighted by atomic mass is 9.64. The van der Waals surface area contributed by atoms with Gasteiger partial charge in [0.1, 0.15) is 0 Å². The van der Waals surface area contributed by atoms with Gasteiger partial charge in [0.25, 0.3) is 0 Å². The van der Waals surface area contributed by atoms with Crippen LogP contribution < -0.4 is 5.32 Å². The molecule has 1 N–H and O–H groups in total. The Bertz CT molecular complexity index is 569. The summed E-state index contributed by atoms with van der Waals surface area (Å²) in [4.78, 5) is 0. The third-order valence-electron chi connectivity index (χ3n) is 5.29. The van der Waals surface area contributed by atoms with Crippen LogP contribution in [0.25, 0.3) is 0 Å². The van der Waals surface area contributed by atoms with Crippen molar-refractivity contribution in [3.05, 3.63) is 35.4 Å². The third kappa shape index (κ3) is 3.87. The van der Waals surface area contributed by atoms with Crippen molar-refractivity contribution in [2.45, 2.75) is 58.5 Å². The zero-order valence-corrected chi connectivity index (χ0v) is 13.6. The van der Waals surface area contributed by atoms with E-state index in [2.05, 4.69) is 37.4 Å². The molecule has 0 amide bonds. The van der Waals surface area contributed by atoms with E-state index < -0.39 is 0 Å². The van der Waals surface area contributed by atoms with Crippen molar-refractivity contribution < 1.29 is 0 Å². The van der Waals surface area contributed by atoms with Crippen molar-refractivity contribution in [2.75, 3.05) is 0 Å². The van der Waals surface area contributed by atoms with E-state index in [9.17, 15) is 0 Å². The molecule has 0 atom stereocenters. The molecule has 0 saturated heterocycles.